The maximum absolute atomic E-state index is 5.24. The lowest BCUT2D eigenvalue weighted by molar-refractivity contribution is 0.415. The highest BCUT2D eigenvalue weighted by Gasteiger charge is 2.14. The van der Waals surface area contributed by atoms with E-state index < -0.39 is 0 Å². The van der Waals surface area contributed by atoms with Crippen LogP contribution in [0.3, 0.4) is 0 Å². The van der Waals surface area contributed by atoms with E-state index in [2.05, 4.69) is 20.9 Å². The highest BCUT2D eigenvalue weighted by molar-refractivity contribution is 5.61. The molecule has 1 aromatic heterocycles. The Kier molecular flexibility index (Phi) is 2.48. The van der Waals surface area contributed by atoms with Crippen molar-refractivity contribution >= 4 is 5.82 Å². The Labute approximate surface area is 100 Å². The molecular formula is C13H15N3O. The van der Waals surface area contributed by atoms with Gasteiger partial charge < -0.3 is 14.6 Å². The molecule has 0 fully saturated rings. The van der Waals surface area contributed by atoms with Gasteiger partial charge in [-0.05, 0) is 18.6 Å². The minimum absolute atomic E-state index is 0.864. The van der Waals surface area contributed by atoms with Gasteiger partial charge in [-0.2, -0.15) is 0 Å². The summed E-state index contributed by atoms with van der Waals surface area (Å²) in [6.07, 6.45) is 3.04. The van der Waals surface area contributed by atoms with Crippen molar-refractivity contribution in [3.8, 4) is 17.1 Å². The van der Waals surface area contributed by atoms with E-state index in [0.29, 0.717) is 0 Å². The van der Waals surface area contributed by atoms with Gasteiger partial charge in [0, 0.05) is 18.7 Å². The van der Waals surface area contributed by atoms with E-state index in [1.165, 1.54) is 0 Å². The van der Waals surface area contributed by atoms with E-state index in [1.54, 1.807) is 7.11 Å². The summed E-state index contributed by atoms with van der Waals surface area (Å²) < 4.78 is 7.46. The molecular weight excluding hydrogens is 214 g/mol. The van der Waals surface area contributed by atoms with Crippen molar-refractivity contribution in [2.45, 2.75) is 13.0 Å². The summed E-state index contributed by atoms with van der Waals surface area (Å²) in [5, 5.41) is 3.35. The molecule has 2 heterocycles. The van der Waals surface area contributed by atoms with Crippen LogP contribution in [0.4, 0.5) is 5.82 Å². The molecule has 4 nitrogen and oxygen atoms in total. The van der Waals surface area contributed by atoms with Crippen molar-refractivity contribution in [2.75, 3.05) is 19.0 Å². The molecule has 2 aromatic rings. The minimum atomic E-state index is 0.864. The second-order valence-electron chi connectivity index (χ2n) is 4.13. The van der Waals surface area contributed by atoms with Gasteiger partial charge >= 0.3 is 0 Å². The summed E-state index contributed by atoms with van der Waals surface area (Å²) in [5.74, 6) is 2.98. The number of nitrogens with zero attached hydrogens (tertiary/aromatic N) is 2. The number of methoxy groups -OCH3 is 1. The van der Waals surface area contributed by atoms with Crippen LogP contribution in [0.1, 0.15) is 6.42 Å². The molecule has 17 heavy (non-hydrogen) atoms. The maximum atomic E-state index is 5.24. The van der Waals surface area contributed by atoms with Gasteiger partial charge in [0.15, 0.2) is 0 Å². The average Bonchev–Trinajstić information content (AvgIpc) is 2.82. The summed E-state index contributed by atoms with van der Waals surface area (Å²) in [6, 6.07) is 8.02. The number of imidazole rings is 1. The number of ether oxygens (including phenoxy) is 1. The predicted molar refractivity (Wildman–Crippen MR) is 67.3 cm³/mol. The second kappa shape index (κ2) is 4.13. The number of anilines is 1. The molecule has 0 amide bonds. The predicted octanol–water partition coefficient (Wildman–Crippen LogP) is 2.37. The molecule has 88 valence electrons. The third kappa shape index (κ3) is 1.75. The van der Waals surface area contributed by atoms with E-state index in [4.69, 9.17) is 4.74 Å². The molecule has 0 atom stereocenters. The van der Waals surface area contributed by atoms with Crippen molar-refractivity contribution in [1.82, 2.24) is 9.55 Å². The monoisotopic (exact) mass is 229 g/mol. The molecule has 0 saturated carbocycles. The van der Waals surface area contributed by atoms with Gasteiger partial charge in [0.2, 0.25) is 0 Å². The molecule has 1 aliphatic rings. The van der Waals surface area contributed by atoms with Gasteiger partial charge in [-0.25, -0.2) is 4.98 Å². The third-order valence-corrected chi connectivity index (χ3v) is 3.05. The zero-order chi connectivity index (χ0) is 11.7. The van der Waals surface area contributed by atoms with E-state index >= 15 is 0 Å². The van der Waals surface area contributed by atoms with Crippen molar-refractivity contribution in [3.05, 3.63) is 30.5 Å². The zero-order valence-electron chi connectivity index (χ0n) is 9.81. The van der Waals surface area contributed by atoms with E-state index in [1.807, 2.05) is 24.4 Å². The Morgan fingerprint density at radius 1 is 1.41 bits per heavy atom. The van der Waals surface area contributed by atoms with E-state index in [0.717, 1.165) is 42.5 Å². The minimum Gasteiger partial charge on any atom is -0.497 e. The topological polar surface area (TPSA) is 39.1 Å². The van der Waals surface area contributed by atoms with Gasteiger partial charge in [-0.3, -0.25) is 0 Å². The van der Waals surface area contributed by atoms with Crippen molar-refractivity contribution in [3.63, 3.8) is 0 Å². The Balaban J connectivity index is 2.05. The van der Waals surface area contributed by atoms with Crippen molar-refractivity contribution < 1.29 is 4.74 Å². The first-order valence-electron chi connectivity index (χ1n) is 5.82. The third-order valence-electron chi connectivity index (χ3n) is 3.05. The second-order valence-corrected chi connectivity index (χ2v) is 4.13. The average molecular weight is 229 g/mol. The molecule has 1 N–H and O–H groups in total. The van der Waals surface area contributed by atoms with Crippen LogP contribution in [0, 0.1) is 0 Å². The number of hydrogen-bond acceptors (Lipinski definition) is 3. The van der Waals surface area contributed by atoms with Crippen molar-refractivity contribution in [1.29, 1.82) is 0 Å². The first kappa shape index (κ1) is 10.2. The number of aromatic nitrogens is 2. The highest BCUT2D eigenvalue weighted by Crippen LogP contribution is 2.27. The number of rotatable bonds is 2. The number of benzene rings is 1. The SMILES string of the molecule is COc1cccc(-c2ncc3n2CCCN3)c1. The molecule has 0 aliphatic carbocycles. The number of nitrogens with one attached hydrogen (secondary N) is 1. The van der Waals surface area contributed by atoms with Gasteiger partial charge in [-0.1, -0.05) is 12.1 Å². The molecule has 1 aromatic carbocycles. The van der Waals surface area contributed by atoms with Crippen LogP contribution in [0.2, 0.25) is 0 Å². The molecule has 4 heteroatoms. The maximum Gasteiger partial charge on any atom is 0.141 e. The molecule has 0 unspecified atom stereocenters. The fraction of sp³-hybridized carbons (Fsp3) is 0.308. The van der Waals surface area contributed by atoms with E-state index in [9.17, 15) is 0 Å². The fourth-order valence-electron chi connectivity index (χ4n) is 2.19. The summed E-state index contributed by atoms with van der Waals surface area (Å²) in [4.78, 5) is 4.49. The smallest absolute Gasteiger partial charge is 0.141 e. The zero-order valence-corrected chi connectivity index (χ0v) is 9.81. The number of fused-ring (bicyclic) bond motifs is 1. The number of hydrogen-bond donors (Lipinski definition) is 1. The quantitative estimate of drug-likeness (QED) is 0.859. The summed E-state index contributed by atoms with van der Waals surface area (Å²) in [7, 11) is 1.68. The van der Waals surface area contributed by atoms with Crippen LogP contribution in [0.25, 0.3) is 11.4 Å². The largest absolute Gasteiger partial charge is 0.497 e. The molecule has 0 spiro atoms. The van der Waals surface area contributed by atoms with Crippen LogP contribution >= 0.6 is 0 Å². The van der Waals surface area contributed by atoms with Gasteiger partial charge in [0.1, 0.15) is 17.4 Å². The van der Waals surface area contributed by atoms with Crippen LogP contribution in [0.5, 0.6) is 5.75 Å². The molecule has 0 saturated heterocycles. The summed E-state index contributed by atoms with van der Waals surface area (Å²) in [5.41, 5.74) is 1.10. The van der Waals surface area contributed by atoms with Crippen LogP contribution in [-0.4, -0.2) is 23.2 Å². The molecule has 1 aliphatic heterocycles. The first-order valence-corrected chi connectivity index (χ1v) is 5.82. The van der Waals surface area contributed by atoms with Gasteiger partial charge in [0.05, 0.1) is 13.3 Å². The fourth-order valence-corrected chi connectivity index (χ4v) is 2.19. The molecule has 3 rings (SSSR count). The summed E-state index contributed by atoms with van der Waals surface area (Å²) >= 11 is 0. The van der Waals surface area contributed by atoms with Gasteiger partial charge in [-0.15, -0.1) is 0 Å². The van der Waals surface area contributed by atoms with Crippen LogP contribution < -0.4 is 10.1 Å². The standard InChI is InChI=1S/C13H15N3O/c1-17-11-5-2-4-10(8-11)13-15-9-12-14-6-3-7-16(12)13/h2,4-5,8-9,14H,3,6-7H2,1H3. The van der Waals surface area contributed by atoms with Gasteiger partial charge in [0.25, 0.3) is 0 Å². The lowest BCUT2D eigenvalue weighted by Gasteiger charge is -2.18. The normalized spacial score (nSPS) is 13.9. The molecule has 0 bridgehead atoms. The van der Waals surface area contributed by atoms with E-state index in [-0.39, 0.29) is 0 Å². The van der Waals surface area contributed by atoms with Crippen molar-refractivity contribution in [2.24, 2.45) is 0 Å². The summed E-state index contributed by atoms with van der Waals surface area (Å²) in [6.45, 7) is 2.05. The first-order chi connectivity index (χ1) is 8.38. The molecule has 0 radical (unpaired) electrons. The Bertz CT molecular complexity index is 533. The van der Waals surface area contributed by atoms with Crippen LogP contribution in [-0.2, 0) is 6.54 Å². The lowest BCUT2D eigenvalue weighted by atomic mass is 10.2. The Hall–Kier alpha value is -1.97. The Morgan fingerprint density at radius 2 is 2.35 bits per heavy atom. The lowest BCUT2D eigenvalue weighted by Crippen LogP contribution is -2.17. The highest BCUT2D eigenvalue weighted by atomic mass is 16.5. The van der Waals surface area contributed by atoms with Crippen LogP contribution in [0.15, 0.2) is 30.5 Å². The Morgan fingerprint density at radius 3 is 3.24 bits per heavy atom.